The van der Waals surface area contributed by atoms with Crippen molar-refractivity contribution < 1.29 is 31.7 Å². The highest BCUT2D eigenvalue weighted by Gasteiger charge is 2.20. The molecule has 13 heteroatoms. The smallest absolute Gasteiger partial charge is 0.341 e. The molecule has 0 spiro atoms. The molecule has 11 nitrogen and oxygen atoms in total. The lowest BCUT2D eigenvalue weighted by molar-refractivity contribution is -0.384. The summed E-state index contributed by atoms with van der Waals surface area (Å²) in [6, 6.07) is 8.02. The summed E-state index contributed by atoms with van der Waals surface area (Å²) in [6.07, 6.45) is 0. The summed E-state index contributed by atoms with van der Waals surface area (Å²) in [5, 5.41) is 18.1. The van der Waals surface area contributed by atoms with Gasteiger partial charge in [-0.3, -0.25) is 10.1 Å². The first-order valence-electron chi connectivity index (χ1n) is 8.18. The molecule has 3 aromatic rings. The third-order valence-electron chi connectivity index (χ3n) is 3.86. The minimum absolute atomic E-state index is 0.0317. The Morgan fingerprint density at radius 3 is 2.57 bits per heavy atom. The number of nitrogens with one attached hydrogen (secondary N) is 1. The van der Waals surface area contributed by atoms with Gasteiger partial charge in [0.05, 0.1) is 15.4 Å². The van der Waals surface area contributed by atoms with Gasteiger partial charge >= 0.3 is 5.97 Å². The molecule has 0 bridgehead atoms. The molecule has 1 heterocycles. The lowest BCUT2D eigenvalue weighted by atomic mass is 10.2. The standard InChI is InChI=1S/C17H13FN4O7S/c1-19-30(26,27)12-6-7-14(18)13(8-12)17(23)28-9-15-20-21-16(29-15)10-2-4-11(5-3-10)22(24)25/h2-8,19H,9H2,1H3. The average molecular weight is 436 g/mol. The van der Waals surface area contributed by atoms with Crippen LogP contribution in [0.3, 0.4) is 0 Å². The van der Waals surface area contributed by atoms with Gasteiger partial charge in [-0.1, -0.05) is 0 Å². The lowest BCUT2D eigenvalue weighted by Gasteiger charge is -2.07. The Morgan fingerprint density at radius 2 is 1.93 bits per heavy atom. The van der Waals surface area contributed by atoms with Gasteiger partial charge in [-0.2, -0.15) is 0 Å². The number of nitro benzene ring substituents is 1. The first-order valence-corrected chi connectivity index (χ1v) is 9.67. The van der Waals surface area contributed by atoms with E-state index in [1.165, 1.54) is 31.3 Å². The second-order valence-electron chi connectivity index (χ2n) is 5.73. The van der Waals surface area contributed by atoms with Gasteiger partial charge in [-0.05, 0) is 37.4 Å². The second kappa shape index (κ2) is 8.34. The van der Waals surface area contributed by atoms with Crippen LogP contribution in [0.25, 0.3) is 11.5 Å². The molecule has 0 unspecified atom stereocenters. The fraction of sp³-hybridized carbons (Fsp3) is 0.118. The molecule has 0 fully saturated rings. The molecule has 0 aliphatic heterocycles. The molecule has 30 heavy (non-hydrogen) atoms. The van der Waals surface area contributed by atoms with Crippen LogP contribution in [0.2, 0.25) is 0 Å². The van der Waals surface area contributed by atoms with Crippen molar-refractivity contribution in [3.63, 3.8) is 0 Å². The number of ether oxygens (including phenoxy) is 1. The Morgan fingerprint density at radius 1 is 1.23 bits per heavy atom. The number of nitrogens with zero attached hydrogens (tertiary/aromatic N) is 3. The van der Waals surface area contributed by atoms with Gasteiger partial charge in [0.1, 0.15) is 5.82 Å². The number of rotatable bonds is 7. The quantitative estimate of drug-likeness (QED) is 0.333. The van der Waals surface area contributed by atoms with Crippen molar-refractivity contribution in [3.05, 3.63) is 69.9 Å². The van der Waals surface area contributed by atoms with Gasteiger partial charge in [-0.15, -0.1) is 10.2 Å². The molecule has 0 aliphatic carbocycles. The SMILES string of the molecule is CNS(=O)(=O)c1ccc(F)c(C(=O)OCc2nnc(-c3ccc([N+](=O)[O-])cc3)o2)c1. The number of carbonyl (C=O) groups is 1. The van der Waals surface area contributed by atoms with E-state index in [2.05, 4.69) is 14.9 Å². The number of esters is 1. The summed E-state index contributed by atoms with van der Waals surface area (Å²) in [4.78, 5) is 22.0. The first-order chi connectivity index (χ1) is 14.2. The van der Waals surface area contributed by atoms with Crippen LogP contribution in [-0.2, 0) is 21.4 Å². The number of halogens is 1. The zero-order chi connectivity index (χ0) is 21.9. The van der Waals surface area contributed by atoms with Crippen molar-refractivity contribution in [3.8, 4) is 11.5 Å². The monoisotopic (exact) mass is 436 g/mol. The van der Waals surface area contributed by atoms with Crippen LogP contribution in [0.4, 0.5) is 10.1 Å². The molecule has 1 aromatic heterocycles. The molecular formula is C17H13FN4O7S. The first kappa shape index (κ1) is 21.0. The average Bonchev–Trinajstić information content (AvgIpc) is 3.21. The predicted octanol–water partition coefficient (Wildman–Crippen LogP) is 2.05. The van der Waals surface area contributed by atoms with Crippen LogP contribution in [0, 0.1) is 15.9 Å². The highest BCUT2D eigenvalue weighted by Crippen LogP contribution is 2.22. The normalized spacial score (nSPS) is 11.3. The summed E-state index contributed by atoms with van der Waals surface area (Å²) in [7, 11) is -2.71. The van der Waals surface area contributed by atoms with Crippen molar-refractivity contribution in [1.82, 2.24) is 14.9 Å². The Kier molecular flexibility index (Phi) is 5.84. The Balaban J connectivity index is 1.71. The topological polar surface area (TPSA) is 155 Å². The number of aromatic nitrogens is 2. The summed E-state index contributed by atoms with van der Waals surface area (Å²) >= 11 is 0. The maximum Gasteiger partial charge on any atom is 0.341 e. The maximum atomic E-state index is 13.9. The van der Waals surface area contributed by atoms with Gasteiger partial charge < -0.3 is 9.15 Å². The maximum absolute atomic E-state index is 13.9. The zero-order valence-corrected chi connectivity index (χ0v) is 16.1. The van der Waals surface area contributed by atoms with Crippen molar-refractivity contribution in [2.75, 3.05) is 7.05 Å². The predicted molar refractivity (Wildman–Crippen MR) is 98.2 cm³/mol. The van der Waals surface area contributed by atoms with E-state index in [1.807, 2.05) is 0 Å². The van der Waals surface area contributed by atoms with Gasteiger partial charge in [0.2, 0.25) is 15.9 Å². The van der Waals surface area contributed by atoms with Crippen molar-refractivity contribution in [2.45, 2.75) is 11.5 Å². The van der Waals surface area contributed by atoms with Crippen molar-refractivity contribution in [2.24, 2.45) is 0 Å². The Bertz CT molecular complexity index is 1210. The molecule has 0 atom stereocenters. The van der Waals surface area contributed by atoms with Crippen LogP contribution in [0.1, 0.15) is 16.2 Å². The van der Waals surface area contributed by atoms with Crippen LogP contribution in [0.15, 0.2) is 51.8 Å². The summed E-state index contributed by atoms with van der Waals surface area (Å²) in [5.74, 6) is -2.18. The van der Waals surface area contributed by atoms with Gasteiger partial charge in [0.25, 0.3) is 11.6 Å². The minimum atomic E-state index is -3.88. The molecule has 0 saturated carbocycles. The molecular weight excluding hydrogens is 423 g/mol. The number of sulfonamides is 1. The van der Waals surface area contributed by atoms with Crippen LogP contribution < -0.4 is 4.72 Å². The molecule has 3 rings (SSSR count). The van der Waals surface area contributed by atoms with Gasteiger partial charge in [0, 0.05) is 17.7 Å². The molecule has 156 valence electrons. The van der Waals surface area contributed by atoms with E-state index in [4.69, 9.17) is 9.15 Å². The molecule has 2 aromatic carbocycles. The fourth-order valence-electron chi connectivity index (χ4n) is 2.31. The summed E-state index contributed by atoms with van der Waals surface area (Å²) in [6.45, 7) is -0.499. The number of hydrogen-bond acceptors (Lipinski definition) is 9. The van der Waals surface area contributed by atoms with E-state index < -0.39 is 38.9 Å². The van der Waals surface area contributed by atoms with E-state index in [1.54, 1.807) is 0 Å². The minimum Gasteiger partial charge on any atom is -0.452 e. The van der Waals surface area contributed by atoms with Crippen LogP contribution in [0.5, 0.6) is 0 Å². The fourth-order valence-corrected chi connectivity index (χ4v) is 3.06. The summed E-state index contributed by atoms with van der Waals surface area (Å²) < 4.78 is 49.8. The number of hydrogen-bond donors (Lipinski definition) is 1. The Labute approximate surface area is 168 Å². The number of benzene rings is 2. The highest BCUT2D eigenvalue weighted by atomic mass is 32.2. The molecule has 0 aliphatic rings. The number of carbonyl (C=O) groups excluding carboxylic acids is 1. The van der Waals surface area contributed by atoms with Crippen LogP contribution >= 0.6 is 0 Å². The van der Waals surface area contributed by atoms with E-state index >= 15 is 0 Å². The molecule has 1 N–H and O–H groups in total. The molecule has 0 saturated heterocycles. The van der Waals surface area contributed by atoms with E-state index in [9.17, 15) is 27.7 Å². The number of non-ortho nitro benzene ring substituents is 1. The van der Waals surface area contributed by atoms with Gasteiger partial charge in [-0.25, -0.2) is 22.3 Å². The van der Waals surface area contributed by atoms with E-state index in [-0.39, 0.29) is 22.4 Å². The van der Waals surface area contributed by atoms with Crippen molar-refractivity contribution in [1.29, 1.82) is 0 Å². The van der Waals surface area contributed by atoms with Crippen LogP contribution in [-0.4, -0.2) is 36.6 Å². The van der Waals surface area contributed by atoms with Crippen molar-refractivity contribution >= 4 is 21.7 Å². The molecule has 0 amide bonds. The lowest BCUT2D eigenvalue weighted by Crippen LogP contribution is -2.19. The van der Waals surface area contributed by atoms with E-state index in [0.29, 0.717) is 5.56 Å². The second-order valence-corrected chi connectivity index (χ2v) is 7.62. The third kappa shape index (κ3) is 4.47. The van der Waals surface area contributed by atoms with Gasteiger partial charge in [0.15, 0.2) is 6.61 Å². The summed E-state index contributed by atoms with van der Waals surface area (Å²) in [5.41, 5.74) is -0.292. The highest BCUT2D eigenvalue weighted by molar-refractivity contribution is 7.89. The third-order valence-corrected chi connectivity index (χ3v) is 5.27. The molecule has 0 radical (unpaired) electrons. The van der Waals surface area contributed by atoms with E-state index in [0.717, 1.165) is 18.2 Å². The zero-order valence-electron chi connectivity index (χ0n) is 15.2. The largest absolute Gasteiger partial charge is 0.452 e. The number of nitro groups is 1. The Hall–Kier alpha value is -3.71.